The highest BCUT2D eigenvalue weighted by molar-refractivity contribution is 5.73. The van der Waals surface area contributed by atoms with Crippen LogP contribution in [-0.2, 0) is 9.53 Å². The molecule has 1 heterocycles. The Morgan fingerprint density at radius 1 is 1.59 bits per heavy atom. The minimum atomic E-state index is -1.48. The van der Waals surface area contributed by atoms with Crippen molar-refractivity contribution in [3.63, 3.8) is 0 Å². The van der Waals surface area contributed by atoms with Crippen molar-refractivity contribution >= 4 is 5.91 Å². The number of azide groups is 1. The molecule has 0 spiro atoms. The summed E-state index contributed by atoms with van der Waals surface area (Å²) in [5, 5.41) is 33.9. The van der Waals surface area contributed by atoms with Crippen LogP contribution in [-0.4, -0.2) is 58.4 Å². The van der Waals surface area contributed by atoms with E-state index >= 15 is 0 Å². The molecule has 0 bridgehead atoms. The molecule has 1 saturated heterocycles. The van der Waals surface area contributed by atoms with E-state index < -0.39 is 43.1 Å². The van der Waals surface area contributed by atoms with E-state index in [2.05, 4.69) is 15.3 Å². The lowest BCUT2D eigenvalue weighted by Gasteiger charge is -2.40. The van der Waals surface area contributed by atoms with Gasteiger partial charge in [-0.3, -0.25) is 4.79 Å². The molecule has 0 saturated carbocycles. The molecule has 17 heavy (non-hydrogen) atoms. The maximum Gasteiger partial charge on any atom is 0.217 e. The Hall–Kier alpha value is -1.38. The van der Waals surface area contributed by atoms with Gasteiger partial charge in [0, 0.05) is 11.8 Å². The number of amides is 1. The van der Waals surface area contributed by atoms with Gasteiger partial charge in [0.1, 0.15) is 6.04 Å². The summed E-state index contributed by atoms with van der Waals surface area (Å²) in [5.74, 6) is -0.473. The lowest BCUT2D eigenvalue weighted by atomic mass is 9.95. The Morgan fingerprint density at radius 2 is 2.24 bits per heavy atom. The predicted octanol–water partition coefficient (Wildman–Crippen LogP) is -1.76. The minimum absolute atomic E-state index is 0.473. The van der Waals surface area contributed by atoms with Gasteiger partial charge in [-0.15, -0.1) is 0 Å². The average Bonchev–Trinajstić information content (AvgIpc) is 2.27. The Bertz CT molecular complexity index is 332. The fraction of sp³-hybridized carbons (Fsp3) is 0.875. The summed E-state index contributed by atoms with van der Waals surface area (Å²) < 4.78 is 4.95. The number of carbonyl (C=O) groups is 1. The Morgan fingerprint density at radius 3 is 2.71 bits per heavy atom. The first-order valence-corrected chi connectivity index (χ1v) is 4.95. The molecular weight excluding hydrogens is 232 g/mol. The lowest BCUT2D eigenvalue weighted by Crippen LogP contribution is -2.63. The third-order valence-corrected chi connectivity index (χ3v) is 2.46. The van der Waals surface area contributed by atoms with Crippen LogP contribution in [0, 0.1) is 0 Å². The van der Waals surface area contributed by atoms with Crippen LogP contribution in [0.25, 0.3) is 10.4 Å². The van der Waals surface area contributed by atoms with Gasteiger partial charge in [0.25, 0.3) is 0 Å². The molecule has 0 aromatic rings. The smallest absolute Gasteiger partial charge is 0.217 e. The van der Waals surface area contributed by atoms with E-state index in [9.17, 15) is 15.0 Å². The zero-order valence-corrected chi connectivity index (χ0v) is 9.09. The molecule has 4 N–H and O–H groups in total. The van der Waals surface area contributed by atoms with Crippen LogP contribution in [0.15, 0.2) is 5.11 Å². The number of hydrogen-bond acceptors (Lipinski definition) is 6. The number of carbonyl (C=O) groups excluding carboxylic acids is 1. The Labute approximate surface area is 96.6 Å². The first-order valence-electron chi connectivity index (χ1n) is 4.95. The van der Waals surface area contributed by atoms with Gasteiger partial charge >= 0.3 is 0 Å². The summed E-state index contributed by atoms with van der Waals surface area (Å²) >= 11 is 0. The van der Waals surface area contributed by atoms with E-state index in [4.69, 9.17) is 15.4 Å². The SMILES string of the molecule is CC(=O)N[C@@H]1C(O)O[C@H](CO)[C@@H](N=[N+]=[N-])[C@@H]1O. The van der Waals surface area contributed by atoms with Crippen molar-refractivity contribution in [2.24, 2.45) is 5.11 Å². The van der Waals surface area contributed by atoms with Crippen molar-refractivity contribution < 1.29 is 24.9 Å². The normalized spacial score (nSPS) is 37.1. The lowest BCUT2D eigenvalue weighted by molar-refractivity contribution is -0.221. The monoisotopic (exact) mass is 246 g/mol. The van der Waals surface area contributed by atoms with Crippen molar-refractivity contribution in [2.45, 2.75) is 37.5 Å². The van der Waals surface area contributed by atoms with Gasteiger partial charge in [-0.05, 0) is 5.53 Å². The Balaban J connectivity index is 2.88. The summed E-state index contributed by atoms with van der Waals surface area (Å²) in [6.45, 7) is 0.685. The topological polar surface area (TPSA) is 148 Å². The molecule has 1 aliphatic heterocycles. The van der Waals surface area contributed by atoms with Crippen LogP contribution in [0.5, 0.6) is 0 Å². The van der Waals surface area contributed by atoms with Crippen LogP contribution < -0.4 is 5.32 Å². The predicted molar refractivity (Wildman–Crippen MR) is 54.5 cm³/mol. The largest absolute Gasteiger partial charge is 0.394 e. The molecule has 9 heteroatoms. The van der Waals surface area contributed by atoms with Crippen LogP contribution in [0.2, 0.25) is 0 Å². The highest BCUT2D eigenvalue weighted by atomic mass is 16.6. The maximum atomic E-state index is 10.9. The van der Waals surface area contributed by atoms with Crippen molar-refractivity contribution in [3.05, 3.63) is 10.4 Å². The van der Waals surface area contributed by atoms with E-state index in [1.54, 1.807) is 0 Å². The number of ether oxygens (including phenoxy) is 1. The van der Waals surface area contributed by atoms with E-state index in [1.165, 1.54) is 6.92 Å². The van der Waals surface area contributed by atoms with E-state index in [1.807, 2.05) is 0 Å². The highest BCUT2D eigenvalue weighted by Crippen LogP contribution is 2.22. The number of aliphatic hydroxyl groups is 3. The molecule has 0 aromatic heterocycles. The van der Waals surface area contributed by atoms with Crippen molar-refractivity contribution in [1.29, 1.82) is 0 Å². The summed E-state index contributed by atoms with van der Waals surface area (Å²) in [6, 6.07) is -2.18. The number of nitrogens with zero attached hydrogens (tertiary/aromatic N) is 3. The zero-order valence-electron chi connectivity index (χ0n) is 9.09. The van der Waals surface area contributed by atoms with Gasteiger partial charge in [-0.2, -0.15) is 0 Å². The summed E-state index contributed by atoms with van der Waals surface area (Å²) in [5.41, 5.74) is 8.34. The van der Waals surface area contributed by atoms with E-state index in [0.717, 1.165) is 0 Å². The maximum absolute atomic E-state index is 10.9. The molecule has 1 aliphatic rings. The van der Waals surface area contributed by atoms with Crippen LogP contribution >= 0.6 is 0 Å². The van der Waals surface area contributed by atoms with Crippen molar-refractivity contribution in [1.82, 2.24) is 5.32 Å². The first-order chi connectivity index (χ1) is 8.01. The average molecular weight is 246 g/mol. The van der Waals surface area contributed by atoms with Crippen molar-refractivity contribution in [2.75, 3.05) is 6.61 Å². The standard InChI is InChI=1S/C8H14N4O5/c1-3(14)10-6-7(15)5(11-12-9)4(2-13)17-8(6)16/h4-8,13,15-16H,2H2,1H3,(H,10,14)/t4-,5-,6+,7+,8?/m1/s1. The van der Waals surface area contributed by atoms with E-state index in [0.29, 0.717) is 0 Å². The van der Waals surface area contributed by atoms with Gasteiger partial charge in [-0.1, -0.05) is 5.11 Å². The van der Waals surface area contributed by atoms with Gasteiger partial charge in [0.05, 0.1) is 24.9 Å². The summed E-state index contributed by atoms with van der Waals surface area (Å²) in [4.78, 5) is 13.4. The first kappa shape index (κ1) is 13.7. The summed E-state index contributed by atoms with van der Waals surface area (Å²) in [7, 11) is 0. The number of hydrogen-bond donors (Lipinski definition) is 4. The third-order valence-electron chi connectivity index (χ3n) is 2.46. The quantitative estimate of drug-likeness (QED) is 0.264. The second-order valence-electron chi connectivity index (χ2n) is 3.66. The highest BCUT2D eigenvalue weighted by Gasteiger charge is 2.44. The molecule has 1 unspecified atom stereocenters. The van der Waals surface area contributed by atoms with Crippen LogP contribution in [0.3, 0.4) is 0 Å². The van der Waals surface area contributed by atoms with Gasteiger partial charge in [0.15, 0.2) is 6.29 Å². The number of nitrogens with one attached hydrogen (secondary N) is 1. The third kappa shape index (κ3) is 3.05. The van der Waals surface area contributed by atoms with E-state index in [-0.39, 0.29) is 0 Å². The zero-order chi connectivity index (χ0) is 13.0. The molecule has 9 nitrogen and oxygen atoms in total. The number of rotatable bonds is 3. The minimum Gasteiger partial charge on any atom is -0.394 e. The van der Waals surface area contributed by atoms with Gasteiger partial charge < -0.3 is 25.4 Å². The fourth-order valence-corrected chi connectivity index (χ4v) is 1.69. The van der Waals surface area contributed by atoms with Crippen LogP contribution in [0.4, 0.5) is 0 Å². The molecule has 0 radical (unpaired) electrons. The van der Waals surface area contributed by atoms with Gasteiger partial charge in [0.2, 0.25) is 5.91 Å². The molecule has 1 rings (SSSR count). The molecule has 96 valence electrons. The van der Waals surface area contributed by atoms with Gasteiger partial charge in [-0.25, -0.2) is 0 Å². The molecule has 1 amide bonds. The molecule has 0 aromatic carbocycles. The molecule has 5 atom stereocenters. The second kappa shape index (κ2) is 5.80. The molecule has 0 aliphatic carbocycles. The second-order valence-corrected chi connectivity index (χ2v) is 3.66. The van der Waals surface area contributed by atoms with Crippen molar-refractivity contribution in [3.8, 4) is 0 Å². The Kier molecular flexibility index (Phi) is 4.67. The molecular formula is C8H14N4O5. The number of aliphatic hydroxyl groups excluding tert-OH is 3. The summed E-state index contributed by atoms with van der Waals surface area (Å²) in [6.07, 6.45) is -3.83. The van der Waals surface area contributed by atoms with Crippen LogP contribution in [0.1, 0.15) is 6.92 Å². The fourth-order valence-electron chi connectivity index (χ4n) is 1.69. The molecule has 1 fully saturated rings.